The highest BCUT2D eigenvalue weighted by Crippen LogP contribution is 2.18. The van der Waals surface area contributed by atoms with Crippen LogP contribution in [-0.4, -0.2) is 37.4 Å². The number of nitrogens with two attached hydrogens (primary N) is 1. The fourth-order valence-corrected chi connectivity index (χ4v) is 3.47. The predicted molar refractivity (Wildman–Crippen MR) is 109 cm³/mol. The number of nitrogens with zero attached hydrogens (tertiary/aromatic N) is 5. The average molecular weight is 374 g/mol. The van der Waals surface area contributed by atoms with E-state index in [0.29, 0.717) is 12.3 Å². The molecule has 2 aromatic heterocycles. The quantitative estimate of drug-likeness (QED) is 0.593. The molecule has 4 aromatic rings. The molecule has 28 heavy (non-hydrogen) atoms. The van der Waals surface area contributed by atoms with E-state index in [-0.39, 0.29) is 18.3 Å². The number of rotatable bonds is 4. The molecule has 142 valence electrons. The first-order valence-corrected chi connectivity index (χ1v) is 9.12. The molecule has 0 bridgehead atoms. The van der Waals surface area contributed by atoms with Crippen LogP contribution in [0.2, 0.25) is 0 Å². The van der Waals surface area contributed by atoms with Crippen molar-refractivity contribution >= 4 is 28.4 Å². The van der Waals surface area contributed by atoms with Gasteiger partial charge >= 0.3 is 0 Å². The van der Waals surface area contributed by atoms with Crippen LogP contribution in [0.3, 0.4) is 0 Å². The Balaban J connectivity index is 1.55. The second-order valence-electron chi connectivity index (χ2n) is 7.05. The van der Waals surface area contributed by atoms with Crippen LogP contribution >= 0.6 is 0 Å². The second-order valence-corrected chi connectivity index (χ2v) is 7.05. The van der Waals surface area contributed by atoms with Crippen molar-refractivity contribution < 1.29 is 4.79 Å². The smallest absolute Gasteiger partial charge is 0.254 e. The summed E-state index contributed by atoms with van der Waals surface area (Å²) in [6.45, 7) is 4.33. The minimum Gasteiger partial charge on any atom is -0.366 e. The van der Waals surface area contributed by atoms with Crippen molar-refractivity contribution in [2.45, 2.75) is 26.8 Å². The molecule has 1 amide bonds. The van der Waals surface area contributed by atoms with E-state index in [0.717, 1.165) is 22.5 Å². The maximum Gasteiger partial charge on any atom is 0.254 e. The number of aryl methyl sites for hydroxylation is 2. The highest BCUT2D eigenvalue weighted by atomic mass is 16.2. The third kappa shape index (κ3) is 3.26. The van der Waals surface area contributed by atoms with Gasteiger partial charge < -0.3 is 10.6 Å². The van der Waals surface area contributed by atoms with Crippen molar-refractivity contribution in [3.05, 3.63) is 65.0 Å². The summed E-state index contributed by atoms with van der Waals surface area (Å²) in [6, 6.07) is 14.5. The molecule has 0 aliphatic carbocycles. The van der Waals surface area contributed by atoms with Crippen molar-refractivity contribution in [1.82, 2.24) is 24.5 Å². The average Bonchev–Trinajstić information content (AvgIpc) is 3.05. The fraction of sp³-hybridized carbons (Fsp3) is 0.238. The standard InChI is InChI=1S/C21H22N6O/c1-13-18(14(2)27-21(23-13)24-20(22)25-27)11-19(28)26(3)12-15-8-9-16-6-4-5-7-17(16)10-15/h4-10H,11-12H2,1-3H3,(H2,22,25). The number of aromatic nitrogens is 4. The first-order chi connectivity index (χ1) is 13.4. The summed E-state index contributed by atoms with van der Waals surface area (Å²) in [4.78, 5) is 23.1. The van der Waals surface area contributed by atoms with E-state index in [1.807, 2.05) is 33.0 Å². The van der Waals surface area contributed by atoms with Gasteiger partial charge in [-0.1, -0.05) is 36.4 Å². The van der Waals surface area contributed by atoms with Crippen LogP contribution in [0.1, 0.15) is 22.5 Å². The van der Waals surface area contributed by atoms with Gasteiger partial charge in [0.05, 0.1) is 6.42 Å². The van der Waals surface area contributed by atoms with E-state index >= 15 is 0 Å². The number of benzene rings is 2. The van der Waals surface area contributed by atoms with E-state index < -0.39 is 0 Å². The molecule has 2 heterocycles. The molecule has 2 aromatic carbocycles. The summed E-state index contributed by atoms with van der Waals surface area (Å²) in [6.07, 6.45) is 0.254. The van der Waals surface area contributed by atoms with Crippen LogP contribution in [0.15, 0.2) is 42.5 Å². The molecular weight excluding hydrogens is 352 g/mol. The van der Waals surface area contributed by atoms with Crippen LogP contribution in [0.25, 0.3) is 16.6 Å². The zero-order valence-electron chi connectivity index (χ0n) is 16.2. The number of amides is 1. The number of hydrogen-bond donors (Lipinski definition) is 1. The van der Waals surface area contributed by atoms with Crippen LogP contribution in [-0.2, 0) is 17.8 Å². The lowest BCUT2D eigenvalue weighted by atomic mass is 10.1. The lowest BCUT2D eigenvalue weighted by molar-refractivity contribution is -0.129. The van der Waals surface area contributed by atoms with Gasteiger partial charge in [-0.2, -0.15) is 9.50 Å². The third-order valence-electron chi connectivity index (χ3n) is 5.05. The summed E-state index contributed by atoms with van der Waals surface area (Å²) in [5, 5.41) is 6.52. The van der Waals surface area contributed by atoms with Gasteiger partial charge in [0, 0.05) is 30.5 Å². The Bertz CT molecular complexity index is 1200. The summed E-state index contributed by atoms with van der Waals surface area (Å²) in [5.74, 6) is 0.647. The van der Waals surface area contributed by atoms with Crippen molar-refractivity contribution in [3.8, 4) is 0 Å². The Labute approximate surface area is 162 Å². The van der Waals surface area contributed by atoms with Crippen LogP contribution in [0.4, 0.5) is 5.95 Å². The minimum atomic E-state index is 0.0218. The normalized spacial score (nSPS) is 11.2. The topological polar surface area (TPSA) is 89.4 Å². The Morgan fingerprint density at radius 2 is 1.86 bits per heavy atom. The van der Waals surface area contributed by atoms with Crippen molar-refractivity contribution in [2.24, 2.45) is 0 Å². The molecule has 0 atom stereocenters. The molecule has 0 aliphatic heterocycles. The van der Waals surface area contributed by atoms with E-state index in [9.17, 15) is 4.79 Å². The fourth-order valence-electron chi connectivity index (χ4n) is 3.47. The molecule has 0 spiro atoms. The first-order valence-electron chi connectivity index (χ1n) is 9.12. The number of carbonyl (C=O) groups is 1. The Hall–Kier alpha value is -3.48. The molecule has 0 saturated heterocycles. The van der Waals surface area contributed by atoms with Crippen LogP contribution in [0, 0.1) is 13.8 Å². The number of hydrogen-bond acceptors (Lipinski definition) is 5. The van der Waals surface area contributed by atoms with Crippen LogP contribution < -0.4 is 5.73 Å². The zero-order valence-corrected chi connectivity index (χ0v) is 16.2. The number of fused-ring (bicyclic) bond motifs is 2. The van der Waals surface area contributed by atoms with Gasteiger partial charge in [0.15, 0.2) is 0 Å². The van der Waals surface area contributed by atoms with Gasteiger partial charge in [-0.05, 0) is 36.2 Å². The molecule has 7 nitrogen and oxygen atoms in total. The van der Waals surface area contributed by atoms with Crippen molar-refractivity contribution in [3.63, 3.8) is 0 Å². The van der Waals surface area contributed by atoms with E-state index in [2.05, 4.69) is 45.4 Å². The molecule has 7 heteroatoms. The van der Waals surface area contributed by atoms with Gasteiger partial charge in [-0.3, -0.25) is 4.79 Å². The molecule has 0 saturated carbocycles. The monoisotopic (exact) mass is 374 g/mol. The number of anilines is 1. The Morgan fingerprint density at radius 1 is 1.11 bits per heavy atom. The summed E-state index contributed by atoms with van der Waals surface area (Å²) in [7, 11) is 1.82. The van der Waals surface area contributed by atoms with E-state index in [1.165, 1.54) is 10.8 Å². The lowest BCUT2D eigenvalue weighted by Crippen LogP contribution is -2.28. The highest BCUT2D eigenvalue weighted by molar-refractivity contribution is 5.83. The largest absolute Gasteiger partial charge is 0.366 e. The van der Waals surface area contributed by atoms with Gasteiger partial charge in [0.25, 0.3) is 5.78 Å². The second kappa shape index (κ2) is 6.92. The first kappa shape index (κ1) is 17.9. The van der Waals surface area contributed by atoms with Gasteiger partial charge in [0.2, 0.25) is 11.9 Å². The van der Waals surface area contributed by atoms with E-state index in [4.69, 9.17) is 5.73 Å². The summed E-state index contributed by atoms with van der Waals surface area (Å²) in [5.41, 5.74) is 9.23. The molecule has 0 fully saturated rings. The number of nitrogen functional groups attached to an aromatic ring is 1. The maximum absolute atomic E-state index is 12.9. The van der Waals surface area contributed by atoms with Gasteiger partial charge in [-0.15, -0.1) is 5.10 Å². The van der Waals surface area contributed by atoms with E-state index in [1.54, 1.807) is 9.42 Å². The maximum atomic E-state index is 12.9. The van der Waals surface area contributed by atoms with Crippen molar-refractivity contribution in [1.29, 1.82) is 0 Å². The number of likely N-dealkylation sites (N-methyl/N-ethyl adjacent to an activating group) is 1. The molecule has 2 N–H and O–H groups in total. The summed E-state index contributed by atoms with van der Waals surface area (Å²) >= 11 is 0. The number of carbonyl (C=O) groups excluding carboxylic acids is 1. The Morgan fingerprint density at radius 3 is 2.64 bits per heavy atom. The minimum absolute atomic E-state index is 0.0218. The zero-order chi connectivity index (χ0) is 19.8. The van der Waals surface area contributed by atoms with Gasteiger partial charge in [0.1, 0.15) is 0 Å². The molecule has 0 unspecified atom stereocenters. The molecule has 0 radical (unpaired) electrons. The van der Waals surface area contributed by atoms with Crippen LogP contribution in [0.5, 0.6) is 0 Å². The SMILES string of the molecule is Cc1nc2nc(N)nn2c(C)c1CC(=O)N(C)Cc1ccc2ccccc2c1. The predicted octanol–water partition coefficient (Wildman–Crippen LogP) is 2.68. The van der Waals surface area contributed by atoms with Gasteiger partial charge in [-0.25, -0.2) is 4.98 Å². The molecule has 0 aliphatic rings. The highest BCUT2D eigenvalue weighted by Gasteiger charge is 2.18. The summed E-state index contributed by atoms with van der Waals surface area (Å²) < 4.78 is 1.59. The Kier molecular flexibility index (Phi) is 4.43. The third-order valence-corrected chi connectivity index (χ3v) is 5.05. The lowest BCUT2D eigenvalue weighted by Gasteiger charge is -2.19. The molecular formula is C21H22N6O. The van der Waals surface area contributed by atoms with Crippen molar-refractivity contribution in [2.75, 3.05) is 12.8 Å². The molecule has 4 rings (SSSR count).